The van der Waals surface area contributed by atoms with Crippen molar-refractivity contribution in [2.45, 2.75) is 19.8 Å². The number of hydrogen-bond acceptors (Lipinski definition) is 9. The summed E-state index contributed by atoms with van der Waals surface area (Å²) in [6.07, 6.45) is 3.36. The predicted octanol–water partition coefficient (Wildman–Crippen LogP) is 3.90. The number of Topliss-reactive ketones (excluding diaryl/α,β-unsaturated/α-hetero) is 1. The van der Waals surface area contributed by atoms with E-state index in [-0.39, 0.29) is 24.0 Å². The Balaban J connectivity index is 1.80. The van der Waals surface area contributed by atoms with E-state index in [1.807, 2.05) is 6.92 Å². The Morgan fingerprint density at radius 1 is 1.24 bits per heavy atom. The number of benzene rings is 1. The summed E-state index contributed by atoms with van der Waals surface area (Å²) in [5.74, 6) is -0.324. The maximum Gasteiger partial charge on any atom is 0.344 e. The molecule has 0 spiro atoms. The molecule has 0 radical (unpaired) electrons. The van der Waals surface area contributed by atoms with E-state index in [1.165, 1.54) is 11.3 Å². The molecule has 2 aromatic rings. The quantitative estimate of drug-likeness (QED) is 0.499. The molecule has 1 N–H and O–H groups in total. The van der Waals surface area contributed by atoms with Crippen LogP contribution in [-0.4, -0.2) is 41.6 Å². The van der Waals surface area contributed by atoms with Crippen molar-refractivity contribution >= 4 is 46.0 Å². The Morgan fingerprint density at radius 2 is 2.07 bits per heavy atom. The lowest BCUT2D eigenvalue weighted by Crippen LogP contribution is -2.15. The fraction of sp³-hybridized carbons (Fsp3) is 0.300. The highest BCUT2D eigenvalue weighted by Crippen LogP contribution is 2.41. The normalized spacial score (nSPS) is 17.6. The van der Waals surface area contributed by atoms with Crippen molar-refractivity contribution in [1.29, 1.82) is 5.41 Å². The van der Waals surface area contributed by atoms with Crippen LogP contribution in [0.25, 0.3) is 6.08 Å². The molecule has 1 aromatic carbocycles. The number of aromatic nitrogens is 1. The number of nitrogens with zero attached hydrogens (tertiary/aromatic N) is 1. The van der Waals surface area contributed by atoms with Crippen LogP contribution >= 0.6 is 23.1 Å². The van der Waals surface area contributed by atoms with Gasteiger partial charge in [-0.2, -0.15) is 0 Å². The van der Waals surface area contributed by atoms with Crippen LogP contribution in [0.4, 0.5) is 0 Å². The molecule has 2 heterocycles. The summed E-state index contributed by atoms with van der Waals surface area (Å²) in [6.45, 7) is 4.06. The molecule has 0 bridgehead atoms. The number of thioether (sulfide) groups is 1. The van der Waals surface area contributed by atoms with Gasteiger partial charge in [-0.15, -0.1) is 11.3 Å². The fourth-order valence-electron chi connectivity index (χ4n) is 2.68. The van der Waals surface area contributed by atoms with Gasteiger partial charge in [-0.1, -0.05) is 17.8 Å². The van der Waals surface area contributed by atoms with Gasteiger partial charge >= 0.3 is 5.97 Å². The first kappa shape index (κ1) is 21.1. The first-order valence-electron chi connectivity index (χ1n) is 9.00. The molecule has 1 aliphatic heterocycles. The zero-order valence-electron chi connectivity index (χ0n) is 16.0. The van der Waals surface area contributed by atoms with Gasteiger partial charge < -0.3 is 14.2 Å². The number of rotatable bonds is 8. The summed E-state index contributed by atoms with van der Waals surface area (Å²) in [5, 5.41) is 10.9. The molecule has 7 nitrogen and oxygen atoms in total. The highest BCUT2D eigenvalue weighted by molar-refractivity contribution is 8.19. The van der Waals surface area contributed by atoms with Gasteiger partial charge in [0.15, 0.2) is 23.9 Å². The summed E-state index contributed by atoms with van der Waals surface area (Å²) < 4.78 is 16.0. The third kappa shape index (κ3) is 5.04. The number of esters is 1. The van der Waals surface area contributed by atoms with Gasteiger partial charge in [0.05, 0.1) is 23.2 Å². The summed E-state index contributed by atoms with van der Waals surface area (Å²) in [4.78, 5) is 28.9. The molecule has 29 heavy (non-hydrogen) atoms. The fourth-order valence-corrected chi connectivity index (χ4v) is 4.49. The monoisotopic (exact) mass is 432 g/mol. The Kier molecular flexibility index (Phi) is 7.05. The highest BCUT2D eigenvalue weighted by Gasteiger charge is 2.38. The second kappa shape index (κ2) is 9.71. The third-order valence-corrected chi connectivity index (χ3v) is 5.74. The molecule has 1 saturated heterocycles. The van der Waals surface area contributed by atoms with E-state index in [9.17, 15) is 9.59 Å². The number of carbonyl (C=O) groups is 2. The maximum absolute atomic E-state index is 12.8. The third-order valence-electron chi connectivity index (χ3n) is 3.90. The minimum absolute atomic E-state index is 0.129. The molecular formula is C20H20N2O5S2. The van der Waals surface area contributed by atoms with E-state index in [0.29, 0.717) is 28.0 Å². The number of ketones is 1. The van der Waals surface area contributed by atoms with Gasteiger partial charge in [-0.25, -0.2) is 9.78 Å². The molecule has 1 fully saturated rings. The molecule has 0 amide bonds. The zero-order valence-corrected chi connectivity index (χ0v) is 17.6. The largest absolute Gasteiger partial charge is 0.490 e. The first-order chi connectivity index (χ1) is 14.0. The highest BCUT2D eigenvalue weighted by atomic mass is 32.2. The lowest BCUT2D eigenvalue weighted by atomic mass is 10.0. The molecule has 3 rings (SSSR count). The van der Waals surface area contributed by atoms with Crippen LogP contribution in [0, 0.1) is 5.41 Å². The van der Waals surface area contributed by atoms with E-state index in [4.69, 9.17) is 19.6 Å². The van der Waals surface area contributed by atoms with E-state index < -0.39 is 11.9 Å². The number of allylic oxidation sites excluding steroid dienone is 1. The van der Waals surface area contributed by atoms with Gasteiger partial charge in [0.25, 0.3) is 0 Å². The Bertz CT molecular complexity index is 940. The van der Waals surface area contributed by atoms with Crippen molar-refractivity contribution < 1.29 is 23.8 Å². The van der Waals surface area contributed by atoms with E-state index in [2.05, 4.69) is 4.98 Å². The van der Waals surface area contributed by atoms with Crippen LogP contribution in [0.3, 0.4) is 0 Å². The summed E-state index contributed by atoms with van der Waals surface area (Å²) in [7, 11) is 0. The standard InChI is InChI=1S/C20H20N2O5S2/c1-3-25-14-9-12(5-6-13(14)27-11-16(23)26-4-2)10-15-18(24)17(19(21)29-15)20-22-7-8-28-20/h5-10,17,21H,3-4,11H2,1-2H3/b15-10-,21-19?/t17-/m1/s1. The lowest BCUT2D eigenvalue weighted by Gasteiger charge is -2.12. The summed E-state index contributed by atoms with van der Waals surface area (Å²) in [6, 6.07) is 5.19. The average Bonchev–Trinajstić information content (AvgIpc) is 3.30. The second-order valence-electron chi connectivity index (χ2n) is 5.88. The van der Waals surface area contributed by atoms with Crippen molar-refractivity contribution in [3.8, 4) is 11.5 Å². The van der Waals surface area contributed by atoms with E-state index in [1.54, 1.807) is 42.8 Å². The second-order valence-corrected chi connectivity index (χ2v) is 7.89. The maximum atomic E-state index is 12.8. The van der Waals surface area contributed by atoms with Crippen molar-refractivity contribution in [3.05, 3.63) is 45.3 Å². The minimum Gasteiger partial charge on any atom is -0.490 e. The van der Waals surface area contributed by atoms with Crippen LogP contribution in [0.15, 0.2) is 34.7 Å². The van der Waals surface area contributed by atoms with Crippen LogP contribution < -0.4 is 9.47 Å². The summed E-state index contributed by atoms with van der Waals surface area (Å²) >= 11 is 2.52. The average molecular weight is 433 g/mol. The Hall–Kier alpha value is -2.65. The van der Waals surface area contributed by atoms with Crippen molar-refractivity contribution in [1.82, 2.24) is 4.98 Å². The Labute approximate surface area is 176 Å². The SMILES string of the molecule is CCOC(=O)COc1ccc(/C=C2\SC(=N)[C@H](c3nccs3)C2=O)cc1OCC. The minimum atomic E-state index is -0.621. The molecule has 0 saturated carbocycles. The predicted molar refractivity (Wildman–Crippen MR) is 113 cm³/mol. The van der Waals surface area contributed by atoms with Crippen molar-refractivity contribution in [3.63, 3.8) is 0 Å². The topological polar surface area (TPSA) is 98.6 Å². The van der Waals surface area contributed by atoms with Gasteiger partial charge in [0.2, 0.25) is 0 Å². The molecular weight excluding hydrogens is 412 g/mol. The van der Waals surface area contributed by atoms with Crippen molar-refractivity contribution in [2.75, 3.05) is 19.8 Å². The number of thiazole rings is 1. The molecule has 152 valence electrons. The molecule has 0 unspecified atom stereocenters. The van der Waals surface area contributed by atoms with Crippen LogP contribution in [-0.2, 0) is 14.3 Å². The van der Waals surface area contributed by atoms with Crippen LogP contribution in [0.5, 0.6) is 11.5 Å². The zero-order chi connectivity index (χ0) is 20.8. The number of hydrogen-bond donors (Lipinski definition) is 1. The molecule has 1 atom stereocenters. The van der Waals surface area contributed by atoms with Gasteiger partial charge in [0.1, 0.15) is 10.9 Å². The van der Waals surface area contributed by atoms with Gasteiger partial charge in [0, 0.05) is 11.6 Å². The van der Waals surface area contributed by atoms with Gasteiger partial charge in [-0.3, -0.25) is 10.2 Å². The number of ether oxygens (including phenoxy) is 3. The number of nitrogens with one attached hydrogen (secondary N) is 1. The van der Waals surface area contributed by atoms with E-state index in [0.717, 1.165) is 17.3 Å². The molecule has 9 heteroatoms. The smallest absolute Gasteiger partial charge is 0.344 e. The van der Waals surface area contributed by atoms with Gasteiger partial charge in [-0.05, 0) is 37.6 Å². The van der Waals surface area contributed by atoms with Crippen molar-refractivity contribution in [2.24, 2.45) is 0 Å². The Morgan fingerprint density at radius 3 is 2.76 bits per heavy atom. The molecule has 1 aliphatic rings. The van der Waals surface area contributed by atoms with Crippen LogP contribution in [0.2, 0.25) is 0 Å². The lowest BCUT2D eigenvalue weighted by molar-refractivity contribution is -0.145. The first-order valence-corrected chi connectivity index (χ1v) is 10.7. The summed E-state index contributed by atoms with van der Waals surface area (Å²) in [5.41, 5.74) is 0.736. The molecule has 0 aliphatic carbocycles. The van der Waals surface area contributed by atoms with E-state index >= 15 is 0 Å². The number of carbonyl (C=O) groups excluding carboxylic acids is 2. The van der Waals surface area contributed by atoms with Crippen LogP contribution in [0.1, 0.15) is 30.3 Å². The molecule has 1 aromatic heterocycles.